The molecule has 2 fully saturated rings. The topological polar surface area (TPSA) is 47.6 Å². The van der Waals surface area contributed by atoms with Crippen molar-refractivity contribution in [3.8, 4) is 0 Å². The Morgan fingerprint density at radius 3 is 2.71 bits per heavy atom. The van der Waals surface area contributed by atoms with Gasteiger partial charge < -0.3 is 14.8 Å². The second-order valence-corrected chi connectivity index (χ2v) is 9.65. The molecule has 1 heterocycles. The molecule has 1 saturated carbocycles. The second kappa shape index (κ2) is 9.65. The quantitative estimate of drug-likeness (QED) is 0.437. The molecule has 4 nitrogen and oxygen atoms in total. The van der Waals surface area contributed by atoms with Crippen LogP contribution in [0.1, 0.15) is 85.5 Å². The molecular formula is C24H41NO3. The molecule has 160 valence electrons. The Kier molecular flexibility index (Phi) is 7.47. The highest BCUT2D eigenvalue weighted by Gasteiger charge is 2.53. The number of carbonyl (C=O) groups excluding carboxylic acids is 1. The Hall–Kier alpha value is -1.03. The summed E-state index contributed by atoms with van der Waals surface area (Å²) in [5, 5.41) is 3.09. The van der Waals surface area contributed by atoms with Crippen molar-refractivity contribution in [1.29, 1.82) is 0 Å². The van der Waals surface area contributed by atoms with Crippen LogP contribution in [0.15, 0.2) is 11.6 Å². The van der Waals surface area contributed by atoms with E-state index >= 15 is 0 Å². The highest BCUT2D eigenvalue weighted by molar-refractivity contribution is 5.67. The number of hydrogen-bond acceptors (Lipinski definition) is 3. The Morgan fingerprint density at radius 1 is 1.25 bits per heavy atom. The lowest BCUT2D eigenvalue weighted by atomic mass is 9.56. The van der Waals surface area contributed by atoms with Gasteiger partial charge in [0.05, 0.1) is 12.7 Å². The van der Waals surface area contributed by atoms with Crippen molar-refractivity contribution in [3.63, 3.8) is 0 Å². The highest BCUT2D eigenvalue weighted by Crippen LogP contribution is 2.53. The summed E-state index contributed by atoms with van der Waals surface area (Å²) < 4.78 is 12.2. The molecule has 3 aliphatic rings. The molecule has 0 radical (unpaired) electrons. The molecule has 28 heavy (non-hydrogen) atoms. The minimum atomic E-state index is -0.242. The summed E-state index contributed by atoms with van der Waals surface area (Å²) in [5.41, 5.74) is 1.36. The van der Waals surface area contributed by atoms with Gasteiger partial charge in [0.25, 0.3) is 0 Å². The number of amides is 1. The van der Waals surface area contributed by atoms with Crippen LogP contribution in [0.2, 0.25) is 0 Å². The summed E-state index contributed by atoms with van der Waals surface area (Å²) in [6.45, 7) is 10.3. The lowest BCUT2D eigenvalue weighted by Crippen LogP contribution is -2.57. The van der Waals surface area contributed by atoms with Crippen LogP contribution in [-0.4, -0.2) is 31.5 Å². The molecule has 3 unspecified atom stereocenters. The van der Waals surface area contributed by atoms with Gasteiger partial charge in [0.15, 0.2) is 0 Å². The van der Waals surface area contributed by atoms with E-state index in [2.05, 4.69) is 39.1 Å². The minimum absolute atomic E-state index is 0.102. The molecule has 1 aliphatic heterocycles. The molecule has 5 atom stereocenters. The number of allylic oxidation sites excluding steroid dienone is 1. The zero-order valence-corrected chi connectivity index (χ0v) is 18.5. The predicted molar refractivity (Wildman–Crippen MR) is 113 cm³/mol. The van der Waals surface area contributed by atoms with Gasteiger partial charge in [-0.3, -0.25) is 0 Å². The summed E-state index contributed by atoms with van der Waals surface area (Å²) >= 11 is 0. The lowest BCUT2D eigenvalue weighted by Gasteiger charge is -2.55. The van der Waals surface area contributed by atoms with Crippen molar-refractivity contribution in [3.05, 3.63) is 11.6 Å². The average Bonchev–Trinajstić information content (AvgIpc) is 2.67. The number of hydrogen-bond donors (Lipinski definition) is 1. The molecular weight excluding hydrogens is 350 g/mol. The van der Waals surface area contributed by atoms with E-state index in [-0.39, 0.29) is 11.5 Å². The summed E-state index contributed by atoms with van der Waals surface area (Å²) in [5.74, 6) is 1.28. The Labute approximate surface area is 171 Å². The van der Waals surface area contributed by atoms with Crippen LogP contribution in [-0.2, 0) is 9.47 Å². The smallest absolute Gasteiger partial charge is 0.407 e. The van der Waals surface area contributed by atoms with E-state index in [1.54, 1.807) is 0 Å². The van der Waals surface area contributed by atoms with Crippen molar-refractivity contribution < 1.29 is 14.3 Å². The van der Waals surface area contributed by atoms with E-state index in [1.807, 2.05) is 0 Å². The molecule has 1 amide bonds. The second-order valence-electron chi connectivity index (χ2n) is 9.65. The zero-order chi connectivity index (χ0) is 20.1. The first kappa shape index (κ1) is 21.7. The normalized spacial score (nSPS) is 35.9. The van der Waals surface area contributed by atoms with E-state index in [0.29, 0.717) is 43.1 Å². The van der Waals surface area contributed by atoms with E-state index in [4.69, 9.17) is 9.47 Å². The van der Waals surface area contributed by atoms with Gasteiger partial charge in [0.1, 0.15) is 6.61 Å². The fraction of sp³-hybridized carbons (Fsp3) is 0.875. The van der Waals surface area contributed by atoms with Crippen LogP contribution in [0, 0.1) is 23.2 Å². The molecule has 0 aromatic carbocycles. The monoisotopic (exact) mass is 391 g/mol. The van der Waals surface area contributed by atoms with Crippen molar-refractivity contribution in [2.75, 3.05) is 13.2 Å². The number of rotatable bonds is 7. The summed E-state index contributed by atoms with van der Waals surface area (Å²) in [6, 6.07) is 0.292. The molecule has 0 aromatic rings. The Morgan fingerprint density at radius 2 is 2.00 bits per heavy atom. The summed E-state index contributed by atoms with van der Waals surface area (Å²) in [4.78, 5) is 12.4. The van der Waals surface area contributed by atoms with Gasteiger partial charge >= 0.3 is 6.09 Å². The Bertz CT molecular complexity index is 554. The molecule has 3 rings (SSSR count). The van der Waals surface area contributed by atoms with Crippen molar-refractivity contribution in [2.24, 2.45) is 23.2 Å². The third-order valence-corrected chi connectivity index (χ3v) is 7.85. The van der Waals surface area contributed by atoms with E-state index in [0.717, 1.165) is 19.3 Å². The largest absolute Gasteiger partial charge is 0.449 e. The van der Waals surface area contributed by atoms with Gasteiger partial charge in [0, 0.05) is 17.4 Å². The van der Waals surface area contributed by atoms with Crippen molar-refractivity contribution in [1.82, 2.24) is 5.32 Å². The number of carbonyl (C=O) groups is 1. The zero-order valence-electron chi connectivity index (χ0n) is 18.5. The fourth-order valence-corrected chi connectivity index (χ4v) is 5.90. The van der Waals surface area contributed by atoms with Crippen LogP contribution >= 0.6 is 0 Å². The molecule has 2 bridgehead atoms. The number of unbranched alkanes of at least 4 members (excludes halogenated alkanes) is 2. The molecule has 1 N–H and O–H groups in total. The first-order chi connectivity index (χ1) is 13.5. The first-order valence-electron chi connectivity index (χ1n) is 11.7. The van der Waals surface area contributed by atoms with Crippen LogP contribution in [0.25, 0.3) is 0 Å². The van der Waals surface area contributed by atoms with Crippen LogP contribution < -0.4 is 5.32 Å². The first-order valence-corrected chi connectivity index (χ1v) is 11.7. The van der Waals surface area contributed by atoms with Gasteiger partial charge in [0.2, 0.25) is 0 Å². The van der Waals surface area contributed by atoms with Crippen molar-refractivity contribution in [2.45, 2.75) is 97.6 Å². The fourth-order valence-electron chi connectivity index (χ4n) is 5.90. The van der Waals surface area contributed by atoms with E-state index in [1.165, 1.54) is 44.1 Å². The maximum atomic E-state index is 12.4. The SMILES string of the molecule is CCCCCC1OC[C@@]2(COC(=O)NC3CCCCC3)C(C)C=C(C)C1[C@H]2C. The van der Waals surface area contributed by atoms with Gasteiger partial charge in [-0.2, -0.15) is 0 Å². The molecule has 0 spiro atoms. The number of alkyl carbamates (subject to hydrolysis) is 1. The summed E-state index contributed by atoms with van der Waals surface area (Å²) in [6.07, 6.45) is 13.3. The molecule has 1 saturated heterocycles. The standard InChI is InChI=1S/C24H41NO3/c1-5-6-8-13-21-22-17(2)14-18(3)24(15-27-21,19(22)4)16-28-23(26)25-20-11-9-7-10-12-20/h14,18-22H,5-13,15-16H2,1-4H3,(H,25,26)/t18?,19-,21?,22?,24-/m1/s1. The van der Waals surface area contributed by atoms with Gasteiger partial charge in [-0.25, -0.2) is 4.79 Å². The van der Waals surface area contributed by atoms with Crippen LogP contribution in [0.4, 0.5) is 4.79 Å². The third-order valence-electron chi connectivity index (χ3n) is 7.85. The summed E-state index contributed by atoms with van der Waals surface area (Å²) in [7, 11) is 0. The number of ether oxygens (including phenoxy) is 2. The van der Waals surface area contributed by atoms with E-state index < -0.39 is 0 Å². The van der Waals surface area contributed by atoms with Crippen LogP contribution in [0.3, 0.4) is 0 Å². The molecule has 0 aromatic heterocycles. The Balaban J connectivity index is 1.62. The average molecular weight is 392 g/mol. The van der Waals surface area contributed by atoms with Gasteiger partial charge in [-0.15, -0.1) is 0 Å². The number of fused-ring (bicyclic) bond motifs is 2. The van der Waals surface area contributed by atoms with Gasteiger partial charge in [-0.1, -0.05) is 70.9 Å². The maximum absolute atomic E-state index is 12.4. The predicted octanol–water partition coefficient (Wildman–Crippen LogP) is 5.86. The van der Waals surface area contributed by atoms with Crippen LogP contribution in [0.5, 0.6) is 0 Å². The van der Waals surface area contributed by atoms with E-state index in [9.17, 15) is 4.79 Å². The highest BCUT2D eigenvalue weighted by atomic mass is 16.6. The molecule has 4 heteroatoms. The third kappa shape index (κ3) is 4.58. The number of nitrogens with one attached hydrogen (secondary N) is 1. The maximum Gasteiger partial charge on any atom is 0.407 e. The molecule has 2 aliphatic carbocycles. The minimum Gasteiger partial charge on any atom is -0.449 e. The lowest BCUT2D eigenvalue weighted by molar-refractivity contribution is -0.165. The van der Waals surface area contributed by atoms with Gasteiger partial charge in [-0.05, 0) is 38.0 Å². The van der Waals surface area contributed by atoms with Crippen molar-refractivity contribution >= 4 is 6.09 Å².